The van der Waals surface area contributed by atoms with Crippen LogP contribution < -0.4 is 5.32 Å². The zero-order chi connectivity index (χ0) is 16.4. The van der Waals surface area contributed by atoms with E-state index in [0.717, 1.165) is 25.9 Å². The molecule has 0 saturated carbocycles. The van der Waals surface area contributed by atoms with E-state index >= 15 is 0 Å². The number of hydrogen-bond donors (Lipinski definition) is 1. The lowest BCUT2D eigenvalue weighted by Crippen LogP contribution is -2.45. The number of aryl methyl sites for hydroxylation is 1. The number of rotatable bonds is 3. The van der Waals surface area contributed by atoms with Crippen molar-refractivity contribution in [1.82, 2.24) is 15.2 Å². The summed E-state index contributed by atoms with van der Waals surface area (Å²) in [6, 6.07) is 13.4. The minimum Gasteiger partial charge on any atom is -0.338 e. The van der Waals surface area contributed by atoms with E-state index in [1.54, 1.807) is 12.4 Å². The Morgan fingerprint density at radius 1 is 1.08 bits per heavy atom. The number of hydrogen-bond acceptors (Lipinski definition) is 3. The molecule has 1 aliphatic carbocycles. The number of carbonyl (C=O) groups excluding carboxylic acids is 1. The van der Waals surface area contributed by atoms with Crippen molar-refractivity contribution in [3.63, 3.8) is 0 Å². The van der Waals surface area contributed by atoms with Crippen LogP contribution in [0.4, 0.5) is 0 Å². The van der Waals surface area contributed by atoms with Crippen molar-refractivity contribution < 1.29 is 4.79 Å². The number of nitrogens with one attached hydrogen (secondary N) is 1. The number of amides is 1. The number of carbonyl (C=O) groups is 1. The fourth-order valence-corrected chi connectivity index (χ4v) is 3.94. The maximum Gasteiger partial charge on any atom is 0.255 e. The van der Waals surface area contributed by atoms with Gasteiger partial charge >= 0.3 is 0 Å². The summed E-state index contributed by atoms with van der Waals surface area (Å²) in [6.45, 7) is 1.64. The first-order valence-corrected chi connectivity index (χ1v) is 8.84. The molecule has 1 amide bonds. The van der Waals surface area contributed by atoms with Gasteiger partial charge in [0, 0.05) is 37.6 Å². The van der Waals surface area contributed by atoms with Gasteiger partial charge in [-0.1, -0.05) is 24.3 Å². The van der Waals surface area contributed by atoms with Crippen LogP contribution in [0, 0.1) is 0 Å². The van der Waals surface area contributed by atoms with Gasteiger partial charge in [-0.3, -0.25) is 9.78 Å². The van der Waals surface area contributed by atoms with E-state index in [0.29, 0.717) is 17.6 Å². The fourth-order valence-electron chi connectivity index (χ4n) is 3.94. The van der Waals surface area contributed by atoms with Gasteiger partial charge in [0.2, 0.25) is 0 Å². The molecular weight excluding hydrogens is 298 g/mol. The smallest absolute Gasteiger partial charge is 0.255 e. The molecule has 0 bridgehead atoms. The van der Waals surface area contributed by atoms with E-state index in [-0.39, 0.29) is 5.91 Å². The molecule has 2 heterocycles. The third kappa shape index (κ3) is 3.06. The van der Waals surface area contributed by atoms with E-state index in [1.807, 2.05) is 17.0 Å². The summed E-state index contributed by atoms with van der Waals surface area (Å²) in [7, 11) is 0. The summed E-state index contributed by atoms with van der Waals surface area (Å²) in [5.41, 5.74) is 3.64. The highest BCUT2D eigenvalue weighted by atomic mass is 16.2. The Morgan fingerprint density at radius 3 is 2.71 bits per heavy atom. The lowest BCUT2D eigenvalue weighted by molar-refractivity contribution is 0.0701. The number of aromatic nitrogens is 1. The number of fused-ring (bicyclic) bond motifs is 1. The predicted molar refractivity (Wildman–Crippen MR) is 93.8 cm³/mol. The molecule has 1 fully saturated rings. The predicted octanol–water partition coefficient (Wildman–Crippen LogP) is 2.96. The lowest BCUT2D eigenvalue weighted by Gasteiger charge is -2.34. The van der Waals surface area contributed by atoms with Crippen molar-refractivity contribution in [2.75, 3.05) is 13.1 Å². The van der Waals surface area contributed by atoms with E-state index in [4.69, 9.17) is 0 Å². The number of benzene rings is 1. The van der Waals surface area contributed by atoms with Crippen LogP contribution in [0.3, 0.4) is 0 Å². The second kappa shape index (κ2) is 6.73. The summed E-state index contributed by atoms with van der Waals surface area (Å²) >= 11 is 0. The van der Waals surface area contributed by atoms with Gasteiger partial charge in [0.15, 0.2) is 0 Å². The molecule has 4 heteroatoms. The Labute approximate surface area is 142 Å². The van der Waals surface area contributed by atoms with Gasteiger partial charge in [-0.25, -0.2) is 0 Å². The number of nitrogens with zero attached hydrogens (tertiary/aromatic N) is 2. The van der Waals surface area contributed by atoms with E-state index in [2.05, 4.69) is 34.6 Å². The maximum atomic E-state index is 12.5. The highest BCUT2D eigenvalue weighted by Gasteiger charge is 2.28. The molecule has 1 aromatic carbocycles. The standard InChI is InChI=1S/C20H23N3O/c24-20(16-5-3-11-21-14-16)23-12-9-17(10-13-23)22-19-8-7-15-4-1-2-6-18(15)19/h1-6,11,14,17,19,22H,7-10,12-13H2. The molecule has 24 heavy (non-hydrogen) atoms. The third-order valence-corrected chi connectivity index (χ3v) is 5.26. The van der Waals surface area contributed by atoms with Gasteiger partial charge in [0.1, 0.15) is 0 Å². The van der Waals surface area contributed by atoms with Gasteiger partial charge in [0.05, 0.1) is 5.56 Å². The van der Waals surface area contributed by atoms with Crippen molar-refractivity contribution in [1.29, 1.82) is 0 Å². The van der Waals surface area contributed by atoms with Crippen LogP contribution in [-0.2, 0) is 6.42 Å². The van der Waals surface area contributed by atoms with Gasteiger partial charge < -0.3 is 10.2 Å². The molecule has 1 unspecified atom stereocenters. The molecule has 124 valence electrons. The zero-order valence-electron chi connectivity index (χ0n) is 13.8. The van der Waals surface area contributed by atoms with E-state index in [9.17, 15) is 4.79 Å². The number of pyridine rings is 1. The minimum absolute atomic E-state index is 0.104. The van der Waals surface area contributed by atoms with Crippen molar-refractivity contribution in [2.45, 2.75) is 37.8 Å². The lowest BCUT2D eigenvalue weighted by atomic mass is 10.0. The summed E-state index contributed by atoms with van der Waals surface area (Å²) in [6.07, 6.45) is 7.75. The van der Waals surface area contributed by atoms with Crippen LogP contribution in [0.15, 0.2) is 48.8 Å². The Morgan fingerprint density at radius 2 is 1.92 bits per heavy atom. The Bertz CT molecular complexity index is 708. The molecule has 0 radical (unpaired) electrons. The van der Waals surface area contributed by atoms with Gasteiger partial charge in [-0.2, -0.15) is 0 Å². The van der Waals surface area contributed by atoms with Crippen LogP contribution in [0.5, 0.6) is 0 Å². The summed E-state index contributed by atoms with van der Waals surface area (Å²) in [4.78, 5) is 18.5. The second-order valence-corrected chi connectivity index (χ2v) is 6.76. The van der Waals surface area contributed by atoms with E-state index < -0.39 is 0 Å². The summed E-state index contributed by atoms with van der Waals surface area (Å²) < 4.78 is 0. The molecule has 1 N–H and O–H groups in total. The summed E-state index contributed by atoms with van der Waals surface area (Å²) in [5.74, 6) is 0.104. The normalized spacial score (nSPS) is 20.8. The van der Waals surface area contributed by atoms with Gasteiger partial charge in [-0.05, 0) is 48.9 Å². The molecule has 2 aromatic rings. The van der Waals surface area contributed by atoms with Gasteiger partial charge in [0.25, 0.3) is 5.91 Å². The minimum atomic E-state index is 0.104. The SMILES string of the molecule is O=C(c1cccnc1)N1CCC(NC2CCc3ccccc32)CC1. The number of likely N-dealkylation sites (tertiary alicyclic amines) is 1. The molecule has 1 aromatic heterocycles. The first-order chi connectivity index (χ1) is 11.8. The van der Waals surface area contributed by atoms with Crippen LogP contribution in [0.25, 0.3) is 0 Å². The number of piperidine rings is 1. The second-order valence-electron chi connectivity index (χ2n) is 6.76. The van der Waals surface area contributed by atoms with Crippen LogP contribution >= 0.6 is 0 Å². The molecule has 1 atom stereocenters. The molecule has 4 nitrogen and oxygen atoms in total. The average molecular weight is 321 g/mol. The highest BCUT2D eigenvalue weighted by molar-refractivity contribution is 5.93. The molecule has 1 saturated heterocycles. The molecule has 2 aliphatic rings. The van der Waals surface area contributed by atoms with Crippen molar-refractivity contribution >= 4 is 5.91 Å². The van der Waals surface area contributed by atoms with Crippen LogP contribution in [0.2, 0.25) is 0 Å². The van der Waals surface area contributed by atoms with Crippen molar-refractivity contribution in [3.05, 3.63) is 65.5 Å². The van der Waals surface area contributed by atoms with Gasteiger partial charge in [-0.15, -0.1) is 0 Å². The quantitative estimate of drug-likeness (QED) is 0.945. The maximum absolute atomic E-state index is 12.5. The van der Waals surface area contributed by atoms with Crippen LogP contribution in [-0.4, -0.2) is 34.9 Å². The first-order valence-electron chi connectivity index (χ1n) is 8.84. The third-order valence-electron chi connectivity index (χ3n) is 5.26. The van der Waals surface area contributed by atoms with Crippen molar-refractivity contribution in [3.8, 4) is 0 Å². The summed E-state index contributed by atoms with van der Waals surface area (Å²) in [5, 5.41) is 3.82. The Kier molecular flexibility index (Phi) is 4.30. The molecule has 1 aliphatic heterocycles. The Balaban J connectivity index is 1.33. The zero-order valence-corrected chi connectivity index (χ0v) is 13.8. The molecule has 4 rings (SSSR count). The topological polar surface area (TPSA) is 45.2 Å². The highest BCUT2D eigenvalue weighted by Crippen LogP contribution is 2.32. The monoisotopic (exact) mass is 321 g/mol. The average Bonchev–Trinajstić information content (AvgIpc) is 3.06. The first kappa shape index (κ1) is 15.3. The van der Waals surface area contributed by atoms with Crippen molar-refractivity contribution in [2.24, 2.45) is 0 Å². The fraction of sp³-hybridized carbons (Fsp3) is 0.400. The largest absolute Gasteiger partial charge is 0.338 e. The Hall–Kier alpha value is -2.20. The van der Waals surface area contributed by atoms with Crippen LogP contribution in [0.1, 0.15) is 46.8 Å². The molecular formula is C20H23N3O. The molecule has 0 spiro atoms. The van der Waals surface area contributed by atoms with E-state index in [1.165, 1.54) is 24.0 Å².